The van der Waals surface area contributed by atoms with Crippen molar-refractivity contribution in [2.45, 2.75) is 66.8 Å². The number of nitrogens with two attached hydrogens (primary N) is 2. The van der Waals surface area contributed by atoms with Gasteiger partial charge in [-0.25, -0.2) is 4.79 Å². The molecule has 0 aliphatic carbocycles. The molecule has 0 radical (unpaired) electrons. The second kappa shape index (κ2) is 28.1. The Morgan fingerprint density at radius 2 is 1.62 bits per heavy atom. The molecule has 0 saturated carbocycles. The fraction of sp³-hybridized carbons (Fsp3) is 0.583. The van der Waals surface area contributed by atoms with Gasteiger partial charge in [-0.2, -0.15) is 0 Å². The van der Waals surface area contributed by atoms with E-state index in [1.807, 2.05) is 20.8 Å². The maximum Gasteiger partial charge on any atom is 0.341 e. The summed E-state index contributed by atoms with van der Waals surface area (Å²) < 4.78 is 10.5. The summed E-state index contributed by atoms with van der Waals surface area (Å²) in [5.41, 5.74) is 11.6. The summed E-state index contributed by atoms with van der Waals surface area (Å²) in [7, 11) is 0. The highest BCUT2D eigenvalue weighted by molar-refractivity contribution is 5.68. The minimum atomic E-state index is -1.06. The molecule has 0 heterocycles. The zero-order chi connectivity index (χ0) is 26.1. The monoisotopic (exact) mass is 488 g/mol. The number of carbonyl (C=O) groups excluding carboxylic acids is 2. The van der Waals surface area contributed by atoms with Crippen molar-refractivity contribution in [2.75, 3.05) is 19.8 Å². The molecule has 0 saturated heterocycles. The van der Waals surface area contributed by atoms with Crippen LogP contribution in [0.1, 0.15) is 59.9 Å². The Balaban J connectivity index is -0.000000247. The van der Waals surface area contributed by atoms with E-state index >= 15 is 0 Å². The van der Waals surface area contributed by atoms with Crippen molar-refractivity contribution in [1.82, 2.24) is 0 Å². The zero-order valence-electron chi connectivity index (χ0n) is 20.1. The normalized spacial score (nSPS) is 9.74. The number of carboxylic acids is 1. The molecule has 198 valence electrons. The summed E-state index contributed by atoms with van der Waals surface area (Å²) in [6, 6.07) is 4.47. The van der Waals surface area contributed by atoms with Crippen molar-refractivity contribution in [3.63, 3.8) is 0 Å². The van der Waals surface area contributed by atoms with Gasteiger partial charge in [0, 0.05) is 5.92 Å². The minimum absolute atomic E-state index is 0. The van der Waals surface area contributed by atoms with Crippen LogP contribution in [0.2, 0.25) is 0 Å². The molecule has 1 atom stereocenters. The molecule has 1 aromatic rings. The van der Waals surface area contributed by atoms with Gasteiger partial charge in [-0.05, 0) is 44.0 Å². The number of carbonyl (C=O) groups is 4. The molecule has 1 unspecified atom stereocenters. The fourth-order valence-corrected chi connectivity index (χ4v) is 1.92. The van der Waals surface area contributed by atoms with Crippen LogP contribution in [0, 0.1) is 5.92 Å². The highest BCUT2D eigenvalue weighted by atomic mass is 16.5. The van der Waals surface area contributed by atoms with Crippen LogP contribution in [0.3, 0.4) is 0 Å². The van der Waals surface area contributed by atoms with Gasteiger partial charge in [-0.3, -0.25) is 4.79 Å². The lowest BCUT2D eigenvalue weighted by atomic mass is 10.1. The van der Waals surface area contributed by atoms with Gasteiger partial charge in [0.2, 0.25) is 0 Å². The van der Waals surface area contributed by atoms with Crippen LogP contribution in [0.25, 0.3) is 0 Å². The van der Waals surface area contributed by atoms with Crippen molar-refractivity contribution >= 4 is 25.0 Å². The Morgan fingerprint density at radius 3 is 1.97 bits per heavy atom. The topological polar surface area (TPSA) is 179 Å². The Kier molecular flexibility index (Phi) is 31.6. The molecule has 34 heavy (non-hydrogen) atoms. The molecule has 0 bridgehead atoms. The first-order valence-corrected chi connectivity index (χ1v) is 10.7. The van der Waals surface area contributed by atoms with E-state index in [9.17, 15) is 14.4 Å². The molecule has 0 spiro atoms. The van der Waals surface area contributed by atoms with Gasteiger partial charge in [0.1, 0.15) is 12.6 Å². The Morgan fingerprint density at radius 1 is 1.06 bits per heavy atom. The largest absolute Gasteiger partial charge is 0.490 e. The predicted molar refractivity (Wildman–Crippen MR) is 133 cm³/mol. The summed E-state index contributed by atoms with van der Waals surface area (Å²) in [5.74, 6) is -0.0588. The van der Waals surface area contributed by atoms with Crippen LogP contribution in [0.4, 0.5) is 0 Å². The summed E-state index contributed by atoms with van der Waals surface area (Å²) in [6.45, 7) is 8.29. The quantitative estimate of drug-likeness (QED) is 0.252. The molecule has 0 aliphatic rings. The van der Waals surface area contributed by atoms with Crippen molar-refractivity contribution in [1.29, 1.82) is 0 Å². The molecule has 0 aromatic heterocycles. The molecule has 10 nitrogen and oxygen atoms in total. The van der Waals surface area contributed by atoms with E-state index in [1.165, 1.54) is 19.3 Å². The third-order valence-electron chi connectivity index (χ3n) is 3.39. The average Bonchev–Trinajstić information content (AvgIpc) is 2.78. The highest BCUT2D eigenvalue weighted by Crippen LogP contribution is 2.28. The van der Waals surface area contributed by atoms with Gasteiger partial charge in [0.15, 0.2) is 18.1 Å². The summed E-state index contributed by atoms with van der Waals surface area (Å²) >= 11 is 0. The molecule has 0 aliphatic heterocycles. The lowest BCUT2D eigenvalue weighted by Crippen LogP contribution is -2.24. The highest BCUT2D eigenvalue weighted by Gasteiger charge is 2.10. The Hall–Kier alpha value is -2.98. The Bertz CT molecular complexity index is 635. The first kappa shape index (κ1) is 38.3. The van der Waals surface area contributed by atoms with Crippen molar-refractivity contribution in [3.8, 4) is 11.5 Å². The van der Waals surface area contributed by atoms with Crippen molar-refractivity contribution in [2.24, 2.45) is 17.4 Å². The third-order valence-corrected chi connectivity index (χ3v) is 3.39. The molecule has 6 N–H and O–H groups in total. The number of benzene rings is 1. The van der Waals surface area contributed by atoms with Crippen molar-refractivity contribution < 1.29 is 38.9 Å². The molecule has 0 fully saturated rings. The standard InChI is InChI=1S/C13H17NO5.C5H13N.C4H8O.CH2O2.CH4/c1-2-18-12-6-9(5-10(14)7-15)3-4-11(12)19-8-13(16)17;1-2-3-4-5-6;1-4(2)3-5;2-1-3;/h3-4,6-7,10H,2,5,8,14H2,1H3,(H,16,17);2-6H2,1H3;3-4H,1-2H3;1H,(H,2,3);1H4. The number of aliphatic carboxylic acids is 1. The molecule has 0 amide bonds. The van der Waals surface area contributed by atoms with Gasteiger partial charge in [-0.15, -0.1) is 0 Å². The van der Waals surface area contributed by atoms with Crippen LogP contribution >= 0.6 is 0 Å². The number of unbranched alkanes of at least 4 members (excludes halogenated alkanes) is 2. The van der Waals surface area contributed by atoms with Gasteiger partial charge in [0.05, 0.1) is 12.6 Å². The van der Waals surface area contributed by atoms with Crippen LogP contribution in [0.15, 0.2) is 18.2 Å². The summed E-state index contributed by atoms with van der Waals surface area (Å²) in [4.78, 5) is 38.9. The lowest BCUT2D eigenvalue weighted by Gasteiger charge is -2.13. The number of rotatable bonds is 12. The van der Waals surface area contributed by atoms with E-state index < -0.39 is 18.6 Å². The number of hydrogen-bond acceptors (Lipinski definition) is 8. The van der Waals surface area contributed by atoms with Gasteiger partial charge >= 0.3 is 5.97 Å². The van der Waals surface area contributed by atoms with Crippen LogP contribution in [-0.4, -0.2) is 61.0 Å². The predicted octanol–water partition coefficient (Wildman–Crippen LogP) is 2.93. The fourth-order valence-electron chi connectivity index (χ4n) is 1.92. The molecular formula is C24H44N2O8. The van der Waals surface area contributed by atoms with E-state index in [0.717, 1.165) is 18.4 Å². The maximum atomic E-state index is 10.5. The second-order valence-corrected chi connectivity index (χ2v) is 6.88. The zero-order valence-corrected chi connectivity index (χ0v) is 20.1. The second-order valence-electron chi connectivity index (χ2n) is 6.88. The van der Waals surface area contributed by atoms with E-state index in [4.69, 9.17) is 35.9 Å². The van der Waals surface area contributed by atoms with Crippen molar-refractivity contribution in [3.05, 3.63) is 23.8 Å². The summed E-state index contributed by atoms with van der Waals surface area (Å²) in [5, 5.41) is 15.5. The molecule has 1 aromatic carbocycles. The molecule has 10 heteroatoms. The SMILES string of the molecule is C.CC(C)C=O.CCCCCN.CCOc1cc(CC(N)C=O)ccc1OCC(=O)O.O=CO. The van der Waals surface area contributed by atoms with Crippen LogP contribution < -0.4 is 20.9 Å². The molecular weight excluding hydrogens is 444 g/mol. The summed E-state index contributed by atoms with van der Waals surface area (Å²) in [6.07, 6.45) is 5.74. The maximum absolute atomic E-state index is 10.5. The van der Waals surface area contributed by atoms with Gasteiger partial charge in [0.25, 0.3) is 6.47 Å². The molecule has 1 rings (SSSR count). The lowest BCUT2D eigenvalue weighted by molar-refractivity contribution is -0.139. The number of ether oxygens (including phenoxy) is 2. The average molecular weight is 489 g/mol. The van der Waals surface area contributed by atoms with E-state index in [2.05, 4.69) is 6.92 Å². The van der Waals surface area contributed by atoms with Crippen LogP contribution in [0.5, 0.6) is 11.5 Å². The third kappa shape index (κ3) is 27.1. The van der Waals surface area contributed by atoms with E-state index in [-0.39, 0.29) is 19.8 Å². The van der Waals surface area contributed by atoms with E-state index in [1.54, 1.807) is 18.2 Å². The number of carboxylic acid groups (broad SMARTS) is 2. The van der Waals surface area contributed by atoms with E-state index in [0.29, 0.717) is 30.8 Å². The van der Waals surface area contributed by atoms with Gasteiger partial charge in [-0.1, -0.05) is 47.1 Å². The smallest absolute Gasteiger partial charge is 0.341 e. The minimum Gasteiger partial charge on any atom is -0.490 e. The Labute approximate surface area is 203 Å². The number of aldehydes is 2. The van der Waals surface area contributed by atoms with Crippen LogP contribution in [-0.2, 0) is 25.6 Å². The van der Waals surface area contributed by atoms with Gasteiger partial charge < -0.3 is 40.7 Å². The first-order chi connectivity index (χ1) is 15.7. The first-order valence-electron chi connectivity index (χ1n) is 10.7. The number of hydrogen-bond donors (Lipinski definition) is 4.